The first-order valence-electron chi connectivity index (χ1n) is 5.92. The van der Waals surface area contributed by atoms with E-state index in [0.717, 1.165) is 0 Å². The number of rotatable bonds is 6. The Kier molecular flexibility index (Phi) is 5.40. The summed E-state index contributed by atoms with van der Waals surface area (Å²) in [6.45, 7) is 0.349. The molecule has 0 fully saturated rings. The van der Waals surface area contributed by atoms with E-state index in [9.17, 15) is 5.11 Å². The van der Waals surface area contributed by atoms with Gasteiger partial charge in [0, 0.05) is 18.9 Å². The number of aliphatic hydroxyl groups excluding tert-OH is 1. The molecule has 2 rings (SSSR count). The van der Waals surface area contributed by atoms with Gasteiger partial charge in [0.05, 0.1) is 5.02 Å². The van der Waals surface area contributed by atoms with Crippen LogP contribution in [0.15, 0.2) is 36.7 Å². The highest BCUT2D eigenvalue weighted by Crippen LogP contribution is 2.31. The molecule has 5 nitrogen and oxygen atoms in total. The zero-order valence-electron chi connectivity index (χ0n) is 10.5. The van der Waals surface area contributed by atoms with Crippen LogP contribution in [0.1, 0.15) is 0 Å². The smallest absolute Gasteiger partial charge is 0.222 e. The molecule has 1 heterocycles. The summed E-state index contributed by atoms with van der Waals surface area (Å²) in [6, 6.07) is 6.80. The van der Waals surface area contributed by atoms with Crippen molar-refractivity contribution in [3.63, 3.8) is 0 Å². The SMILES string of the molecule is O[C@H](CNc1ncccn1)COc1cccc(Cl)c1Cl. The fourth-order valence-corrected chi connectivity index (χ4v) is 1.79. The number of benzene rings is 1. The van der Waals surface area contributed by atoms with Gasteiger partial charge in [-0.2, -0.15) is 0 Å². The van der Waals surface area contributed by atoms with E-state index in [1.165, 1.54) is 0 Å². The summed E-state index contributed by atoms with van der Waals surface area (Å²) in [5, 5.41) is 13.5. The lowest BCUT2D eigenvalue weighted by atomic mass is 10.3. The maximum absolute atomic E-state index is 9.81. The van der Waals surface area contributed by atoms with E-state index < -0.39 is 6.10 Å². The molecule has 0 radical (unpaired) electrons. The molecule has 20 heavy (non-hydrogen) atoms. The number of hydrogen-bond acceptors (Lipinski definition) is 5. The monoisotopic (exact) mass is 313 g/mol. The van der Waals surface area contributed by atoms with E-state index >= 15 is 0 Å². The van der Waals surface area contributed by atoms with Gasteiger partial charge in [-0.15, -0.1) is 0 Å². The molecule has 2 N–H and O–H groups in total. The molecule has 0 bridgehead atoms. The van der Waals surface area contributed by atoms with Crippen LogP contribution in [0.2, 0.25) is 10.0 Å². The maximum atomic E-state index is 9.81. The number of aliphatic hydroxyl groups is 1. The van der Waals surface area contributed by atoms with Crippen molar-refractivity contribution in [3.05, 3.63) is 46.7 Å². The molecule has 0 amide bonds. The van der Waals surface area contributed by atoms with Gasteiger partial charge in [0.1, 0.15) is 23.5 Å². The number of halogens is 2. The van der Waals surface area contributed by atoms with Crippen molar-refractivity contribution < 1.29 is 9.84 Å². The van der Waals surface area contributed by atoms with E-state index in [4.69, 9.17) is 27.9 Å². The standard InChI is InChI=1S/C13H13Cl2N3O2/c14-10-3-1-4-11(12(10)15)20-8-9(19)7-18-13-16-5-2-6-17-13/h1-6,9,19H,7-8H2,(H,16,17,18)/t9-/m1/s1. The quantitative estimate of drug-likeness (QED) is 0.858. The zero-order chi connectivity index (χ0) is 14.4. The number of ether oxygens (including phenoxy) is 1. The number of hydrogen-bond donors (Lipinski definition) is 2. The second-order valence-electron chi connectivity index (χ2n) is 3.97. The van der Waals surface area contributed by atoms with Gasteiger partial charge >= 0.3 is 0 Å². The minimum atomic E-state index is -0.728. The highest BCUT2D eigenvalue weighted by atomic mass is 35.5. The average molecular weight is 314 g/mol. The molecular formula is C13H13Cl2N3O2. The fourth-order valence-electron chi connectivity index (χ4n) is 1.44. The van der Waals surface area contributed by atoms with Crippen LogP contribution in [0.3, 0.4) is 0 Å². The zero-order valence-corrected chi connectivity index (χ0v) is 12.0. The van der Waals surface area contributed by atoms with E-state index in [0.29, 0.717) is 21.7 Å². The maximum Gasteiger partial charge on any atom is 0.222 e. The Hall–Kier alpha value is -1.56. The highest BCUT2D eigenvalue weighted by molar-refractivity contribution is 6.42. The van der Waals surface area contributed by atoms with Gasteiger partial charge in [-0.1, -0.05) is 29.3 Å². The highest BCUT2D eigenvalue weighted by Gasteiger charge is 2.09. The van der Waals surface area contributed by atoms with Crippen LogP contribution in [-0.4, -0.2) is 34.3 Å². The Morgan fingerprint density at radius 3 is 2.70 bits per heavy atom. The summed E-state index contributed by atoms with van der Waals surface area (Å²) in [7, 11) is 0. The second kappa shape index (κ2) is 7.28. The van der Waals surface area contributed by atoms with Crippen LogP contribution in [0, 0.1) is 0 Å². The van der Waals surface area contributed by atoms with Crippen molar-refractivity contribution in [2.75, 3.05) is 18.5 Å². The number of nitrogens with zero attached hydrogens (tertiary/aromatic N) is 2. The first kappa shape index (κ1) is 14.8. The van der Waals surface area contributed by atoms with Crippen molar-refractivity contribution in [3.8, 4) is 5.75 Å². The van der Waals surface area contributed by atoms with Crippen molar-refractivity contribution in [2.24, 2.45) is 0 Å². The van der Waals surface area contributed by atoms with Crippen molar-refractivity contribution in [1.29, 1.82) is 0 Å². The van der Waals surface area contributed by atoms with E-state index in [2.05, 4.69) is 15.3 Å². The minimum Gasteiger partial charge on any atom is -0.489 e. The van der Waals surface area contributed by atoms with Crippen LogP contribution < -0.4 is 10.1 Å². The lowest BCUT2D eigenvalue weighted by molar-refractivity contribution is 0.117. The summed E-state index contributed by atoms with van der Waals surface area (Å²) < 4.78 is 5.42. The first-order valence-corrected chi connectivity index (χ1v) is 6.68. The summed E-state index contributed by atoms with van der Waals surface area (Å²) >= 11 is 11.8. The van der Waals surface area contributed by atoms with E-state index in [1.807, 2.05) is 0 Å². The summed E-state index contributed by atoms with van der Waals surface area (Å²) in [4.78, 5) is 7.96. The van der Waals surface area contributed by atoms with E-state index in [1.54, 1.807) is 36.7 Å². The molecular weight excluding hydrogens is 301 g/mol. The number of anilines is 1. The van der Waals surface area contributed by atoms with Crippen molar-refractivity contribution in [2.45, 2.75) is 6.10 Å². The third kappa shape index (κ3) is 4.23. The van der Waals surface area contributed by atoms with Crippen LogP contribution in [0.5, 0.6) is 5.75 Å². The third-order valence-corrected chi connectivity index (χ3v) is 3.21. The predicted molar refractivity (Wildman–Crippen MR) is 78.5 cm³/mol. The van der Waals surface area contributed by atoms with Crippen LogP contribution in [0.25, 0.3) is 0 Å². The Bertz CT molecular complexity index is 555. The van der Waals surface area contributed by atoms with Crippen molar-refractivity contribution >= 4 is 29.2 Å². The van der Waals surface area contributed by atoms with Crippen LogP contribution in [-0.2, 0) is 0 Å². The fraction of sp³-hybridized carbons (Fsp3) is 0.231. The molecule has 0 aliphatic carbocycles. The lowest BCUT2D eigenvalue weighted by Gasteiger charge is -2.14. The molecule has 0 aliphatic heterocycles. The van der Waals surface area contributed by atoms with Gasteiger partial charge < -0.3 is 15.2 Å². The average Bonchev–Trinajstić information content (AvgIpc) is 2.48. The normalized spacial score (nSPS) is 11.9. The second-order valence-corrected chi connectivity index (χ2v) is 4.76. The van der Waals surface area contributed by atoms with Gasteiger partial charge in [-0.05, 0) is 18.2 Å². The molecule has 0 unspecified atom stereocenters. The Labute approximate surface area is 126 Å². The van der Waals surface area contributed by atoms with Gasteiger partial charge in [-0.3, -0.25) is 0 Å². The molecule has 0 aliphatic rings. The molecule has 1 aromatic heterocycles. The predicted octanol–water partition coefficient (Wildman–Crippen LogP) is 2.64. The third-order valence-electron chi connectivity index (χ3n) is 2.41. The Balaban J connectivity index is 1.80. The van der Waals surface area contributed by atoms with Crippen LogP contribution in [0.4, 0.5) is 5.95 Å². The largest absolute Gasteiger partial charge is 0.489 e. The molecule has 2 aromatic rings. The molecule has 0 saturated heterocycles. The summed E-state index contributed by atoms with van der Waals surface area (Å²) in [5.74, 6) is 0.890. The molecule has 106 valence electrons. The van der Waals surface area contributed by atoms with Gasteiger partial charge in [0.2, 0.25) is 5.95 Å². The summed E-state index contributed by atoms with van der Waals surface area (Å²) in [6.07, 6.45) is 2.50. The van der Waals surface area contributed by atoms with Gasteiger partial charge in [-0.25, -0.2) is 9.97 Å². The number of aromatic nitrogens is 2. The first-order chi connectivity index (χ1) is 9.66. The molecule has 0 spiro atoms. The molecule has 1 aromatic carbocycles. The van der Waals surface area contributed by atoms with Crippen molar-refractivity contribution in [1.82, 2.24) is 9.97 Å². The Morgan fingerprint density at radius 2 is 1.95 bits per heavy atom. The van der Waals surface area contributed by atoms with E-state index in [-0.39, 0.29) is 13.2 Å². The molecule has 0 saturated carbocycles. The Morgan fingerprint density at radius 1 is 1.20 bits per heavy atom. The molecule has 7 heteroatoms. The van der Waals surface area contributed by atoms with Gasteiger partial charge in [0.25, 0.3) is 0 Å². The summed E-state index contributed by atoms with van der Waals surface area (Å²) in [5.41, 5.74) is 0. The molecule has 1 atom stereocenters. The van der Waals surface area contributed by atoms with Gasteiger partial charge in [0.15, 0.2) is 0 Å². The topological polar surface area (TPSA) is 67.3 Å². The number of nitrogens with one attached hydrogen (secondary N) is 1. The van der Waals surface area contributed by atoms with Crippen LogP contribution >= 0.6 is 23.2 Å². The minimum absolute atomic E-state index is 0.0832. The lowest BCUT2D eigenvalue weighted by Crippen LogP contribution is -2.27.